The molecule has 0 bridgehead atoms. The zero-order valence-corrected chi connectivity index (χ0v) is 22.8. The van der Waals surface area contributed by atoms with Gasteiger partial charge in [-0.3, -0.25) is 9.78 Å². The summed E-state index contributed by atoms with van der Waals surface area (Å²) in [5, 5.41) is 13.4. The van der Waals surface area contributed by atoms with Crippen molar-refractivity contribution in [1.82, 2.24) is 9.88 Å². The molecule has 2 heterocycles. The first-order valence-electron chi connectivity index (χ1n) is 13.2. The predicted molar refractivity (Wildman–Crippen MR) is 146 cm³/mol. The second-order valence-corrected chi connectivity index (χ2v) is 10.4. The third-order valence-electron chi connectivity index (χ3n) is 7.77. The van der Waals surface area contributed by atoms with Gasteiger partial charge in [0.1, 0.15) is 23.4 Å². The number of nitrogens with zero attached hydrogens (tertiary/aromatic N) is 3. The van der Waals surface area contributed by atoms with Crippen molar-refractivity contribution in [1.29, 1.82) is 0 Å². The number of alkyl halides is 1. The van der Waals surface area contributed by atoms with E-state index in [4.69, 9.17) is 4.74 Å². The third kappa shape index (κ3) is 6.24. The maximum absolute atomic E-state index is 16.0. The Bertz CT molecular complexity index is 1340. The molecule has 1 unspecified atom stereocenters. The lowest BCUT2D eigenvalue weighted by Gasteiger charge is -2.39. The summed E-state index contributed by atoms with van der Waals surface area (Å²) in [5.41, 5.74) is 0.222. The van der Waals surface area contributed by atoms with Crippen molar-refractivity contribution in [3.63, 3.8) is 0 Å². The zero-order chi connectivity index (χ0) is 29.0. The van der Waals surface area contributed by atoms with Gasteiger partial charge in [0.2, 0.25) is 0 Å². The molecule has 1 fully saturated rings. The second kappa shape index (κ2) is 12.3. The summed E-state index contributed by atoms with van der Waals surface area (Å²) in [6.07, 6.45) is 1.02. The highest BCUT2D eigenvalue weighted by atomic mass is 19.1. The lowest BCUT2D eigenvalue weighted by molar-refractivity contribution is -0.153. The van der Waals surface area contributed by atoms with E-state index in [0.29, 0.717) is 72.5 Å². The van der Waals surface area contributed by atoms with E-state index in [2.05, 4.69) is 10.3 Å². The van der Waals surface area contributed by atoms with Gasteiger partial charge in [-0.25, -0.2) is 17.6 Å². The number of carbonyl (C=O) groups is 1. The van der Waals surface area contributed by atoms with E-state index in [1.165, 1.54) is 7.11 Å². The maximum Gasteiger partial charge on any atom is 0.309 e. The van der Waals surface area contributed by atoms with Crippen LogP contribution in [0.15, 0.2) is 36.5 Å². The van der Waals surface area contributed by atoms with E-state index < -0.39 is 40.7 Å². The minimum absolute atomic E-state index is 0.0220. The number of benzene rings is 2. The van der Waals surface area contributed by atoms with Gasteiger partial charge in [-0.05, 0) is 57.0 Å². The SMILES string of the molecule is COc1ccc2ncc(N(C)C)c(C(F)CCC3(C(=O)O)CCN(CCNc4c(F)cc(F)cc4F)CC3)c2c1. The summed E-state index contributed by atoms with van der Waals surface area (Å²) < 4.78 is 62.2. The molecule has 0 saturated carbocycles. The van der Waals surface area contributed by atoms with Crippen LogP contribution in [0.4, 0.5) is 28.9 Å². The summed E-state index contributed by atoms with van der Waals surface area (Å²) in [6, 6.07) is 6.50. The molecule has 40 heavy (non-hydrogen) atoms. The van der Waals surface area contributed by atoms with Crippen LogP contribution < -0.4 is 15.0 Å². The molecule has 1 atom stereocenters. The zero-order valence-electron chi connectivity index (χ0n) is 22.8. The van der Waals surface area contributed by atoms with Gasteiger partial charge < -0.3 is 25.0 Å². The minimum atomic E-state index is -1.42. The number of hydrogen-bond acceptors (Lipinski definition) is 6. The molecule has 0 amide bonds. The Labute approximate surface area is 230 Å². The van der Waals surface area contributed by atoms with Crippen LogP contribution in [0.1, 0.15) is 37.4 Å². The van der Waals surface area contributed by atoms with Crippen molar-refractivity contribution in [3.8, 4) is 5.75 Å². The van der Waals surface area contributed by atoms with Crippen LogP contribution in [0.2, 0.25) is 0 Å². The molecule has 1 aromatic heterocycles. The number of carboxylic acids is 1. The normalized spacial score (nSPS) is 16.1. The van der Waals surface area contributed by atoms with Crippen molar-refractivity contribution < 1.29 is 32.2 Å². The van der Waals surface area contributed by atoms with Crippen LogP contribution in [-0.2, 0) is 4.79 Å². The van der Waals surface area contributed by atoms with Crippen molar-refractivity contribution >= 4 is 28.2 Å². The lowest BCUT2D eigenvalue weighted by atomic mass is 9.74. The van der Waals surface area contributed by atoms with Crippen LogP contribution in [0.3, 0.4) is 0 Å². The van der Waals surface area contributed by atoms with Crippen molar-refractivity contribution in [2.75, 3.05) is 57.6 Å². The Morgan fingerprint density at radius 1 is 1.18 bits per heavy atom. The number of nitrogens with one attached hydrogen (secondary N) is 1. The molecular formula is C29H34F4N4O3. The van der Waals surface area contributed by atoms with Crippen molar-refractivity contribution in [3.05, 3.63) is 59.5 Å². The molecule has 2 N–H and O–H groups in total. The van der Waals surface area contributed by atoms with E-state index in [1.807, 2.05) is 4.90 Å². The van der Waals surface area contributed by atoms with E-state index in [-0.39, 0.29) is 19.4 Å². The number of pyridine rings is 1. The van der Waals surface area contributed by atoms with Gasteiger partial charge in [0.25, 0.3) is 0 Å². The van der Waals surface area contributed by atoms with Crippen LogP contribution >= 0.6 is 0 Å². The number of piperidine rings is 1. The number of hydrogen-bond donors (Lipinski definition) is 2. The molecule has 7 nitrogen and oxygen atoms in total. The van der Waals surface area contributed by atoms with E-state index in [0.717, 1.165) is 0 Å². The average Bonchev–Trinajstić information content (AvgIpc) is 2.92. The van der Waals surface area contributed by atoms with Gasteiger partial charge in [-0.2, -0.15) is 0 Å². The average molecular weight is 563 g/mol. The van der Waals surface area contributed by atoms with Crippen LogP contribution in [0, 0.1) is 22.9 Å². The Morgan fingerprint density at radius 2 is 1.85 bits per heavy atom. The number of ether oxygens (including phenoxy) is 1. The van der Waals surface area contributed by atoms with Crippen molar-refractivity contribution in [2.24, 2.45) is 5.41 Å². The molecule has 1 saturated heterocycles. The molecule has 2 aromatic carbocycles. The number of fused-ring (bicyclic) bond motifs is 1. The molecule has 3 aromatic rings. The number of carboxylic acid groups (broad SMARTS) is 1. The van der Waals surface area contributed by atoms with Gasteiger partial charge in [0.15, 0.2) is 11.6 Å². The number of likely N-dealkylation sites (tertiary alicyclic amines) is 1. The van der Waals surface area contributed by atoms with Gasteiger partial charge >= 0.3 is 5.97 Å². The first-order valence-corrected chi connectivity index (χ1v) is 13.2. The number of aromatic nitrogens is 1. The number of anilines is 2. The Balaban J connectivity index is 1.41. The maximum atomic E-state index is 16.0. The van der Waals surface area contributed by atoms with Gasteiger partial charge in [0.05, 0.1) is 29.9 Å². The highest BCUT2D eigenvalue weighted by Gasteiger charge is 2.42. The fourth-order valence-corrected chi connectivity index (χ4v) is 5.37. The smallest absolute Gasteiger partial charge is 0.309 e. The highest BCUT2D eigenvalue weighted by Crippen LogP contribution is 2.43. The van der Waals surface area contributed by atoms with E-state index in [1.54, 1.807) is 43.4 Å². The summed E-state index contributed by atoms with van der Waals surface area (Å²) in [7, 11) is 5.15. The fraction of sp³-hybridized carbons (Fsp3) is 0.448. The third-order valence-corrected chi connectivity index (χ3v) is 7.77. The highest BCUT2D eigenvalue weighted by molar-refractivity contribution is 5.88. The quantitative estimate of drug-likeness (QED) is 0.286. The largest absolute Gasteiger partial charge is 0.497 e. The fourth-order valence-electron chi connectivity index (χ4n) is 5.37. The molecule has 11 heteroatoms. The molecule has 0 radical (unpaired) electrons. The topological polar surface area (TPSA) is 77.9 Å². The lowest BCUT2D eigenvalue weighted by Crippen LogP contribution is -2.45. The monoisotopic (exact) mass is 562 g/mol. The molecule has 0 aliphatic carbocycles. The second-order valence-electron chi connectivity index (χ2n) is 10.4. The van der Waals surface area contributed by atoms with E-state index >= 15 is 4.39 Å². The summed E-state index contributed by atoms with van der Waals surface area (Å²) in [6.45, 7) is 1.49. The van der Waals surface area contributed by atoms with Gasteiger partial charge in [-0.1, -0.05) is 0 Å². The standard InChI is InChI=1S/C29H34F4N4O3/c1-36(2)25-17-35-24-5-4-19(40-3)16-20(24)26(25)21(31)6-7-29(28(38)39)8-11-37(12-9-29)13-10-34-27-22(32)14-18(30)15-23(27)33/h4-5,14-17,21,34H,6-13H2,1-3H3,(H,38,39). The summed E-state index contributed by atoms with van der Waals surface area (Å²) >= 11 is 0. The number of halogens is 4. The Hall–Kier alpha value is -3.60. The van der Waals surface area contributed by atoms with Crippen LogP contribution in [0.25, 0.3) is 10.9 Å². The number of methoxy groups -OCH3 is 1. The van der Waals surface area contributed by atoms with Gasteiger partial charge in [0, 0.05) is 50.3 Å². The van der Waals surface area contributed by atoms with Crippen molar-refractivity contribution in [2.45, 2.75) is 31.9 Å². The molecule has 0 spiro atoms. The summed E-state index contributed by atoms with van der Waals surface area (Å²) in [4.78, 5) is 20.6. The first kappa shape index (κ1) is 29.4. The minimum Gasteiger partial charge on any atom is -0.497 e. The number of aliphatic carboxylic acids is 1. The Kier molecular flexibility index (Phi) is 9.02. The molecule has 4 rings (SSSR count). The van der Waals surface area contributed by atoms with Gasteiger partial charge in [-0.15, -0.1) is 0 Å². The molecular weight excluding hydrogens is 528 g/mol. The number of rotatable bonds is 11. The molecule has 1 aliphatic rings. The Morgan fingerprint density at radius 3 is 2.45 bits per heavy atom. The van der Waals surface area contributed by atoms with E-state index in [9.17, 15) is 23.1 Å². The van der Waals surface area contributed by atoms with Crippen LogP contribution in [-0.4, -0.2) is 68.3 Å². The predicted octanol–water partition coefficient (Wildman–Crippen LogP) is 5.80. The molecule has 216 valence electrons. The summed E-state index contributed by atoms with van der Waals surface area (Å²) in [5.74, 6) is -3.40. The first-order chi connectivity index (χ1) is 19.0. The molecule has 1 aliphatic heterocycles. The van der Waals surface area contributed by atoms with Crippen LogP contribution in [0.5, 0.6) is 5.75 Å².